The monoisotopic (exact) mass is 501 g/mol. The number of thioether (sulfide) groups is 1. The summed E-state index contributed by atoms with van der Waals surface area (Å²) in [6, 6.07) is 14.0. The number of nitrogens with zero attached hydrogens (tertiary/aromatic N) is 1. The number of carbonyl (C=O) groups is 2. The molecule has 1 saturated heterocycles. The first-order chi connectivity index (χ1) is 17.1. The molecule has 0 unspecified atom stereocenters. The maximum Gasteiger partial charge on any atom is 0.307 e. The summed E-state index contributed by atoms with van der Waals surface area (Å²) in [6.07, 6.45) is 0. The number of hydrogen-bond donors (Lipinski definition) is 3. The van der Waals surface area contributed by atoms with E-state index in [1.807, 2.05) is 12.1 Å². The van der Waals surface area contributed by atoms with Gasteiger partial charge in [0.2, 0.25) is 0 Å². The molecule has 0 radical (unpaired) electrons. The van der Waals surface area contributed by atoms with Crippen LogP contribution < -0.4 is 20.3 Å². The van der Waals surface area contributed by atoms with E-state index in [9.17, 15) is 9.59 Å². The van der Waals surface area contributed by atoms with E-state index in [1.165, 1.54) is 0 Å². The van der Waals surface area contributed by atoms with Gasteiger partial charge >= 0.3 is 5.24 Å². The maximum atomic E-state index is 12.5. The highest BCUT2D eigenvalue weighted by Crippen LogP contribution is 2.25. The summed E-state index contributed by atoms with van der Waals surface area (Å²) in [5, 5.41) is 11.5. The summed E-state index contributed by atoms with van der Waals surface area (Å²) in [7, 11) is 0. The highest BCUT2D eigenvalue weighted by Gasteiger charge is 2.13. The van der Waals surface area contributed by atoms with Crippen molar-refractivity contribution in [2.75, 3.05) is 52.6 Å². The molecule has 3 aromatic rings. The van der Waals surface area contributed by atoms with Crippen LogP contribution in [0.15, 0.2) is 57.8 Å². The van der Waals surface area contributed by atoms with Gasteiger partial charge in [0.25, 0.3) is 5.91 Å². The Bertz CT molecular complexity index is 1130. The Hall–Kier alpha value is -3.25. The van der Waals surface area contributed by atoms with Crippen molar-refractivity contribution < 1.29 is 33.4 Å². The molecule has 35 heavy (non-hydrogen) atoms. The van der Waals surface area contributed by atoms with Gasteiger partial charge in [0.05, 0.1) is 19.8 Å². The Morgan fingerprint density at radius 1 is 1.00 bits per heavy atom. The average molecular weight is 502 g/mol. The van der Waals surface area contributed by atoms with Crippen molar-refractivity contribution in [1.82, 2.24) is 15.7 Å². The molecular formula is C24H27N3O7S. The fourth-order valence-electron chi connectivity index (χ4n) is 3.49. The van der Waals surface area contributed by atoms with Gasteiger partial charge in [-0.3, -0.25) is 19.7 Å². The van der Waals surface area contributed by atoms with Gasteiger partial charge in [-0.05, 0) is 60.3 Å². The molecular weight excluding hydrogens is 474 g/mol. The standard InChI is InChI=1S/C24H27N3O7S/c28-23(25-7-11-32-18-1-4-20(5-2-18)35-24(29)26-30)22-16-17-15-19(3-6-21(17)34-22)33-14-10-27-8-12-31-13-9-27/h1-6,15-16,30H,7-14H2,(H,25,28)(H,26,29). The lowest BCUT2D eigenvalue weighted by molar-refractivity contribution is 0.0322. The highest BCUT2D eigenvalue weighted by atomic mass is 32.2. The molecule has 3 N–H and O–H groups in total. The molecule has 2 amide bonds. The van der Waals surface area contributed by atoms with Crippen molar-refractivity contribution in [2.24, 2.45) is 0 Å². The van der Waals surface area contributed by atoms with E-state index >= 15 is 0 Å². The van der Waals surface area contributed by atoms with E-state index in [-0.39, 0.29) is 24.8 Å². The minimum absolute atomic E-state index is 0.217. The SMILES string of the molecule is O=C(NO)Sc1ccc(OCCNC(=O)c2cc3cc(OCCN4CCOCC4)ccc3o2)cc1. The fourth-order valence-corrected chi connectivity index (χ4v) is 4.03. The number of morpholine rings is 1. The second-order valence-corrected chi connectivity index (χ2v) is 8.74. The van der Waals surface area contributed by atoms with Gasteiger partial charge in [-0.25, -0.2) is 5.48 Å². The largest absolute Gasteiger partial charge is 0.492 e. The molecule has 0 bridgehead atoms. The average Bonchev–Trinajstić information content (AvgIpc) is 3.32. The summed E-state index contributed by atoms with van der Waals surface area (Å²) in [4.78, 5) is 26.6. The molecule has 0 atom stereocenters. The second kappa shape index (κ2) is 12.5. The topological polar surface area (TPSA) is 122 Å². The van der Waals surface area contributed by atoms with Crippen LogP contribution in [0, 0.1) is 0 Å². The van der Waals surface area contributed by atoms with Gasteiger partial charge in [-0.15, -0.1) is 0 Å². The van der Waals surface area contributed by atoms with Crippen molar-refractivity contribution in [3.8, 4) is 11.5 Å². The molecule has 0 spiro atoms. The molecule has 0 aliphatic carbocycles. The van der Waals surface area contributed by atoms with E-state index in [1.54, 1.807) is 41.9 Å². The Morgan fingerprint density at radius 2 is 1.74 bits per heavy atom. The van der Waals surface area contributed by atoms with Crippen LogP contribution in [0.1, 0.15) is 10.6 Å². The third kappa shape index (κ3) is 7.36. The molecule has 2 aromatic carbocycles. The minimum Gasteiger partial charge on any atom is -0.492 e. The minimum atomic E-state index is -0.570. The normalized spacial score (nSPS) is 14.0. The zero-order valence-electron chi connectivity index (χ0n) is 19.0. The molecule has 1 fully saturated rings. The molecule has 10 nitrogen and oxygen atoms in total. The number of hydrogen-bond acceptors (Lipinski definition) is 9. The van der Waals surface area contributed by atoms with Crippen LogP contribution in [0.5, 0.6) is 11.5 Å². The smallest absolute Gasteiger partial charge is 0.307 e. The molecule has 4 rings (SSSR count). The predicted molar refractivity (Wildman–Crippen MR) is 129 cm³/mol. The first-order valence-corrected chi connectivity index (χ1v) is 12.0. The van der Waals surface area contributed by atoms with Gasteiger partial charge < -0.3 is 23.9 Å². The van der Waals surface area contributed by atoms with Gasteiger partial charge in [-0.1, -0.05) is 0 Å². The summed E-state index contributed by atoms with van der Waals surface area (Å²) in [5.74, 6) is 1.21. The van der Waals surface area contributed by atoms with E-state index < -0.39 is 5.24 Å². The van der Waals surface area contributed by atoms with Crippen LogP contribution in [0.3, 0.4) is 0 Å². The lowest BCUT2D eigenvalue weighted by Gasteiger charge is -2.26. The molecule has 11 heteroatoms. The van der Waals surface area contributed by atoms with E-state index in [0.29, 0.717) is 22.8 Å². The van der Waals surface area contributed by atoms with Crippen LogP contribution in [-0.2, 0) is 4.74 Å². The summed E-state index contributed by atoms with van der Waals surface area (Å²) in [5.41, 5.74) is 2.17. The Morgan fingerprint density at radius 3 is 2.51 bits per heavy atom. The fraction of sp³-hybridized carbons (Fsp3) is 0.333. The molecule has 2 heterocycles. The van der Waals surface area contributed by atoms with E-state index in [4.69, 9.17) is 23.8 Å². The zero-order valence-corrected chi connectivity index (χ0v) is 19.8. The molecule has 0 saturated carbocycles. The van der Waals surface area contributed by atoms with Crippen molar-refractivity contribution in [1.29, 1.82) is 0 Å². The Kier molecular flexibility index (Phi) is 8.85. The maximum absolute atomic E-state index is 12.5. The number of furan rings is 1. The highest BCUT2D eigenvalue weighted by molar-refractivity contribution is 8.13. The molecule has 1 aliphatic rings. The number of fused-ring (bicyclic) bond motifs is 1. The van der Waals surface area contributed by atoms with Crippen molar-refractivity contribution in [2.45, 2.75) is 4.90 Å². The van der Waals surface area contributed by atoms with Crippen LogP contribution >= 0.6 is 11.8 Å². The first-order valence-electron chi connectivity index (χ1n) is 11.2. The number of nitrogens with one attached hydrogen (secondary N) is 2. The summed E-state index contributed by atoms with van der Waals surface area (Å²) in [6.45, 7) is 5.33. The van der Waals surface area contributed by atoms with Gasteiger partial charge in [0.15, 0.2) is 5.76 Å². The molecule has 1 aromatic heterocycles. The Balaban J connectivity index is 1.21. The summed E-state index contributed by atoms with van der Waals surface area (Å²) < 4.78 is 22.5. The third-order valence-electron chi connectivity index (χ3n) is 5.27. The lowest BCUT2D eigenvalue weighted by atomic mass is 10.2. The van der Waals surface area contributed by atoms with E-state index in [0.717, 1.165) is 55.7 Å². The predicted octanol–water partition coefficient (Wildman–Crippen LogP) is 3.14. The van der Waals surface area contributed by atoms with Crippen molar-refractivity contribution in [3.05, 3.63) is 54.3 Å². The lowest BCUT2D eigenvalue weighted by Crippen LogP contribution is -2.38. The molecule has 186 valence electrons. The van der Waals surface area contributed by atoms with Crippen LogP contribution in [0.2, 0.25) is 0 Å². The van der Waals surface area contributed by atoms with Gasteiger partial charge in [-0.2, -0.15) is 0 Å². The van der Waals surface area contributed by atoms with Gasteiger partial charge in [0.1, 0.15) is 30.3 Å². The number of carbonyl (C=O) groups excluding carboxylic acids is 2. The first kappa shape index (κ1) is 24.9. The Labute approximate surface area is 206 Å². The number of benzene rings is 2. The molecule has 1 aliphatic heterocycles. The van der Waals surface area contributed by atoms with Gasteiger partial charge in [0, 0.05) is 29.9 Å². The quantitative estimate of drug-likeness (QED) is 0.166. The zero-order chi connectivity index (χ0) is 24.5. The van der Waals surface area contributed by atoms with Crippen molar-refractivity contribution in [3.63, 3.8) is 0 Å². The number of amides is 2. The number of ether oxygens (including phenoxy) is 3. The summed E-state index contributed by atoms with van der Waals surface area (Å²) >= 11 is 0.857. The van der Waals surface area contributed by atoms with Crippen molar-refractivity contribution >= 4 is 33.9 Å². The van der Waals surface area contributed by atoms with E-state index in [2.05, 4.69) is 10.2 Å². The van der Waals surface area contributed by atoms with Crippen LogP contribution in [0.25, 0.3) is 11.0 Å². The number of rotatable bonds is 10. The third-order valence-corrected chi connectivity index (χ3v) is 6.06. The van der Waals surface area contributed by atoms with Crippen LogP contribution in [-0.4, -0.2) is 73.9 Å². The van der Waals surface area contributed by atoms with Crippen LogP contribution in [0.4, 0.5) is 4.79 Å². The second-order valence-electron chi connectivity index (χ2n) is 7.69. The number of hydroxylamine groups is 1.